The molecule has 0 aliphatic carbocycles. The summed E-state index contributed by atoms with van der Waals surface area (Å²) >= 11 is 0. The second-order valence-corrected chi connectivity index (χ2v) is 7.57. The first-order valence-corrected chi connectivity index (χ1v) is 10.8. The Morgan fingerprint density at radius 3 is 2.53 bits per heavy atom. The number of halogens is 1. The molecule has 2 heterocycles. The number of hydrogen-bond donors (Lipinski definition) is 3. The van der Waals surface area contributed by atoms with Crippen LogP contribution in [0.5, 0.6) is 0 Å². The van der Waals surface area contributed by atoms with E-state index in [0.29, 0.717) is 19.5 Å². The lowest BCUT2D eigenvalue weighted by atomic mass is 10.1. The number of rotatable bonds is 9. The number of aliphatic imine (C=N–C) groups is 1. The Balaban J connectivity index is 0.00000320. The summed E-state index contributed by atoms with van der Waals surface area (Å²) in [5.74, 6) is 1.72. The summed E-state index contributed by atoms with van der Waals surface area (Å²) in [5, 5.41) is 17.1. The molecule has 0 spiro atoms. The van der Waals surface area contributed by atoms with Gasteiger partial charge in [-0.1, -0.05) is 36.8 Å². The van der Waals surface area contributed by atoms with Gasteiger partial charge in [-0.3, -0.25) is 9.89 Å². The Morgan fingerprint density at radius 2 is 1.87 bits per heavy atom. The van der Waals surface area contributed by atoms with Crippen LogP contribution < -0.4 is 10.6 Å². The standard InChI is InChI=1S/C23H34N4O2.HI/c1-2-24-23(25-17-20(28)16-19-10-5-3-6-11-19)26-18-21(22-12-9-15-29-22)27-13-7-4-8-14-27;/h3,5-6,9-12,15,20-21,28H,2,4,7-8,13-14,16-18H2,1H3,(H2,24,25,26);1H. The van der Waals surface area contributed by atoms with Crippen LogP contribution in [-0.4, -0.2) is 54.8 Å². The Labute approximate surface area is 197 Å². The van der Waals surface area contributed by atoms with Crippen molar-refractivity contribution in [2.45, 2.75) is 44.8 Å². The van der Waals surface area contributed by atoms with E-state index in [-0.39, 0.29) is 30.0 Å². The highest BCUT2D eigenvalue weighted by atomic mass is 127. The Kier molecular flexibility index (Phi) is 11.2. The Bertz CT molecular complexity index is 718. The van der Waals surface area contributed by atoms with E-state index in [9.17, 15) is 5.11 Å². The van der Waals surface area contributed by atoms with E-state index < -0.39 is 6.10 Å². The molecule has 2 atom stereocenters. The van der Waals surface area contributed by atoms with Crippen LogP contribution in [0.2, 0.25) is 0 Å². The number of aliphatic hydroxyl groups excluding tert-OH is 1. The van der Waals surface area contributed by atoms with Crippen LogP contribution in [0.3, 0.4) is 0 Å². The minimum absolute atomic E-state index is 0. The minimum Gasteiger partial charge on any atom is -0.468 e. The first-order chi connectivity index (χ1) is 14.3. The second-order valence-electron chi connectivity index (χ2n) is 7.57. The predicted molar refractivity (Wildman–Crippen MR) is 132 cm³/mol. The highest BCUT2D eigenvalue weighted by molar-refractivity contribution is 14.0. The number of nitrogens with zero attached hydrogens (tertiary/aromatic N) is 2. The van der Waals surface area contributed by atoms with E-state index in [1.807, 2.05) is 43.3 Å². The van der Waals surface area contributed by atoms with E-state index in [1.165, 1.54) is 19.3 Å². The van der Waals surface area contributed by atoms with E-state index in [1.54, 1.807) is 6.26 Å². The van der Waals surface area contributed by atoms with Crippen molar-refractivity contribution in [3.05, 3.63) is 60.1 Å². The summed E-state index contributed by atoms with van der Waals surface area (Å²) in [5.41, 5.74) is 1.12. The Morgan fingerprint density at radius 1 is 1.10 bits per heavy atom. The smallest absolute Gasteiger partial charge is 0.191 e. The average Bonchev–Trinajstić information content (AvgIpc) is 3.28. The molecule has 1 fully saturated rings. The van der Waals surface area contributed by atoms with Crippen molar-refractivity contribution in [1.82, 2.24) is 15.5 Å². The average molecular weight is 526 g/mol. The van der Waals surface area contributed by atoms with Gasteiger partial charge >= 0.3 is 0 Å². The van der Waals surface area contributed by atoms with Gasteiger partial charge in [0.2, 0.25) is 0 Å². The lowest BCUT2D eigenvalue weighted by Crippen LogP contribution is -2.44. The molecule has 0 amide bonds. The van der Waals surface area contributed by atoms with E-state index in [0.717, 1.165) is 36.9 Å². The van der Waals surface area contributed by atoms with Crippen molar-refractivity contribution in [1.29, 1.82) is 0 Å². The van der Waals surface area contributed by atoms with Crippen LogP contribution in [0.4, 0.5) is 0 Å². The third kappa shape index (κ3) is 7.92. The van der Waals surface area contributed by atoms with Crippen molar-refractivity contribution in [3.8, 4) is 0 Å². The molecule has 0 bridgehead atoms. The molecule has 3 rings (SSSR count). The highest BCUT2D eigenvalue weighted by Gasteiger charge is 2.24. The fourth-order valence-electron chi connectivity index (χ4n) is 3.80. The zero-order valence-corrected chi connectivity index (χ0v) is 20.1. The van der Waals surface area contributed by atoms with Crippen molar-refractivity contribution in [2.75, 3.05) is 32.7 Å². The quantitative estimate of drug-likeness (QED) is 0.265. The first kappa shape index (κ1) is 24.7. The van der Waals surface area contributed by atoms with Gasteiger partial charge in [-0.05, 0) is 50.6 Å². The summed E-state index contributed by atoms with van der Waals surface area (Å²) in [4.78, 5) is 7.09. The summed E-state index contributed by atoms with van der Waals surface area (Å²) in [6.07, 6.45) is 5.61. The molecule has 166 valence electrons. The number of furan rings is 1. The molecule has 1 aliphatic heterocycles. The molecule has 1 aromatic carbocycles. The Hall–Kier alpha value is -1.58. The SMILES string of the molecule is CCNC(=NCC(O)Cc1ccccc1)NCC(c1ccco1)N1CCCCC1.I. The van der Waals surface area contributed by atoms with Crippen molar-refractivity contribution in [2.24, 2.45) is 4.99 Å². The lowest BCUT2D eigenvalue weighted by Gasteiger charge is -2.33. The summed E-state index contributed by atoms with van der Waals surface area (Å²) in [7, 11) is 0. The summed E-state index contributed by atoms with van der Waals surface area (Å²) in [6, 6.07) is 14.2. The normalized spacial score (nSPS) is 17.1. The van der Waals surface area contributed by atoms with Crippen molar-refractivity contribution < 1.29 is 9.52 Å². The number of nitrogens with one attached hydrogen (secondary N) is 2. The monoisotopic (exact) mass is 526 g/mol. The van der Waals surface area contributed by atoms with E-state index >= 15 is 0 Å². The molecular formula is C23H35IN4O2. The number of benzene rings is 1. The van der Waals surface area contributed by atoms with Crippen molar-refractivity contribution >= 4 is 29.9 Å². The van der Waals surface area contributed by atoms with E-state index in [2.05, 4.69) is 26.6 Å². The molecule has 1 aromatic heterocycles. The number of hydrogen-bond acceptors (Lipinski definition) is 4. The van der Waals surface area contributed by atoms with Crippen LogP contribution in [0, 0.1) is 0 Å². The molecule has 2 unspecified atom stereocenters. The molecule has 0 radical (unpaired) electrons. The summed E-state index contributed by atoms with van der Waals surface area (Å²) < 4.78 is 5.72. The van der Waals surface area contributed by atoms with Crippen LogP contribution in [0.25, 0.3) is 0 Å². The predicted octanol–water partition coefficient (Wildman–Crippen LogP) is 3.58. The van der Waals surface area contributed by atoms with Gasteiger partial charge in [0, 0.05) is 19.5 Å². The van der Waals surface area contributed by atoms with Gasteiger partial charge < -0.3 is 20.2 Å². The highest BCUT2D eigenvalue weighted by Crippen LogP contribution is 2.24. The van der Waals surface area contributed by atoms with Gasteiger partial charge in [0.1, 0.15) is 5.76 Å². The van der Waals surface area contributed by atoms with Gasteiger partial charge in [0.25, 0.3) is 0 Å². The molecule has 6 nitrogen and oxygen atoms in total. The number of aliphatic hydroxyl groups is 1. The topological polar surface area (TPSA) is 73.0 Å². The van der Waals surface area contributed by atoms with Gasteiger partial charge in [-0.15, -0.1) is 24.0 Å². The summed E-state index contributed by atoms with van der Waals surface area (Å²) in [6.45, 7) is 6.09. The molecule has 1 aliphatic rings. The molecule has 0 saturated carbocycles. The number of likely N-dealkylation sites (tertiary alicyclic amines) is 1. The van der Waals surface area contributed by atoms with Gasteiger partial charge in [0.05, 0.1) is 25.0 Å². The molecule has 1 saturated heterocycles. The lowest BCUT2D eigenvalue weighted by molar-refractivity contribution is 0.146. The third-order valence-electron chi connectivity index (χ3n) is 5.28. The molecule has 3 N–H and O–H groups in total. The zero-order valence-electron chi connectivity index (χ0n) is 17.8. The molecule has 7 heteroatoms. The third-order valence-corrected chi connectivity index (χ3v) is 5.28. The minimum atomic E-state index is -0.504. The molecule has 2 aromatic rings. The maximum absolute atomic E-state index is 10.4. The fraction of sp³-hybridized carbons (Fsp3) is 0.522. The van der Waals surface area contributed by atoms with Crippen LogP contribution in [-0.2, 0) is 6.42 Å². The van der Waals surface area contributed by atoms with Gasteiger partial charge in [-0.2, -0.15) is 0 Å². The first-order valence-electron chi connectivity index (χ1n) is 10.8. The maximum Gasteiger partial charge on any atom is 0.191 e. The molecular weight excluding hydrogens is 491 g/mol. The second kappa shape index (κ2) is 13.7. The van der Waals surface area contributed by atoms with Crippen molar-refractivity contribution in [3.63, 3.8) is 0 Å². The zero-order chi connectivity index (χ0) is 20.3. The molecule has 30 heavy (non-hydrogen) atoms. The fourth-order valence-corrected chi connectivity index (χ4v) is 3.80. The van der Waals surface area contributed by atoms with E-state index in [4.69, 9.17) is 4.42 Å². The maximum atomic E-state index is 10.4. The number of piperidine rings is 1. The van der Waals surface area contributed by atoms with Crippen LogP contribution >= 0.6 is 24.0 Å². The van der Waals surface area contributed by atoms with Crippen LogP contribution in [0.1, 0.15) is 43.6 Å². The van der Waals surface area contributed by atoms with Gasteiger partial charge in [-0.25, -0.2) is 0 Å². The number of guanidine groups is 1. The van der Waals surface area contributed by atoms with Gasteiger partial charge in [0.15, 0.2) is 5.96 Å². The largest absolute Gasteiger partial charge is 0.468 e. The van der Waals surface area contributed by atoms with Crippen LogP contribution in [0.15, 0.2) is 58.1 Å².